The van der Waals surface area contributed by atoms with Gasteiger partial charge in [-0.1, -0.05) is 31.2 Å². The van der Waals surface area contributed by atoms with Gasteiger partial charge in [-0.3, -0.25) is 0 Å². The molecule has 3 rings (SSSR count). The molecule has 0 aliphatic carbocycles. The van der Waals surface area contributed by atoms with Crippen molar-refractivity contribution in [2.24, 2.45) is 0 Å². The van der Waals surface area contributed by atoms with Crippen LogP contribution in [0.3, 0.4) is 0 Å². The molecule has 1 aliphatic rings. The van der Waals surface area contributed by atoms with Gasteiger partial charge in [0.2, 0.25) is 10.0 Å². The first kappa shape index (κ1) is 18.9. The van der Waals surface area contributed by atoms with Gasteiger partial charge in [-0.25, -0.2) is 8.42 Å². The molecule has 1 aliphatic heterocycles. The summed E-state index contributed by atoms with van der Waals surface area (Å²) in [4.78, 5) is 0.330. The van der Waals surface area contributed by atoms with Crippen molar-refractivity contribution in [3.63, 3.8) is 0 Å². The number of sulfonamides is 1. The van der Waals surface area contributed by atoms with Gasteiger partial charge in [0.1, 0.15) is 5.75 Å². The molecule has 0 radical (unpaired) electrons. The molecule has 2 aromatic rings. The van der Waals surface area contributed by atoms with E-state index in [2.05, 4.69) is 0 Å². The standard InChI is InChI=1S/C20H25NO4S/c1-4-16-5-11-19(12-6-16)26(22,23)21-13-20(25-14-15(21)2)17-7-9-18(24-3)10-8-17/h5-12,15,20H,4,13-14H2,1-3H3. The first-order valence-electron chi connectivity index (χ1n) is 8.82. The molecular formula is C20H25NO4S. The van der Waals surface area contributed by atoms with Crippen molar-refractivity contribution < 1.29 is 17.9 Å². The number of ether oxygens (including phenoxy) is 2. The summed E-state index contributed by atoms with van der Waals surface area (Å²) in [7, 11) is -1.94. The maximum atomic E-state index is 13.1. The van der Waals surface area contributed by atoms with Crippen LogP contribution in [0.2, 0.25) is 0 Å². The van der Waals surface area contributed by atoms with Gasteiger partial charge in [-0.2, -0.15) is 4.31 Å². The van der Waals surface area contributed by atoms with E-state index < -0.39 is 10.0 Å². The Morgan fingerprint density at radius 2 is 1.77 bits per heavy atom. The zero-order chi connectivity index (χ0) is 18.7. The highest BCUT2D eigenvalue weighted by Gasteiger charge is 2.36. The van der Waals surface area contributed by atoms with Gasteiger partial charge in [0, 0.05) is 12.6 Å². The van der Waals surface area contributed by atoms with E-state index in [1.165, 1.54) is 0 Å². The maximum Gasteiger partial charge on any atom is 0.243 e. The highest BCUT2D eigenvalue weighted by Crippen LogP contribution is 2.30. The van der Waals surface area contributed by atoms with Crippen molar-refractivity contribution in [2.75, 3.05) is 20.3 Å². The summed E-state index contributed by atoms with van der Waals surface area (Å²) in [6.07, 6.45) is 0.593. The van der Waals surface area contributed by atoms with Gasteiger partial charge >= 0.3 is 0 Å². The Hall–Kier alpha value is -1.89. The van der Waals surface area contributed by atoms with Crippen LogP contribution in [0.15, 0.2) is 53.4 Å². The number of methoxy groups -OCH3 is 1. The number of benzene rings is 2. The van der Waals surface area contributed by atoms with Crippen molar-refractivity contribution >= 4 is 10.0 Å². The van der Waals surface area contributed by atoms with Gasteiger partial charge in [0.05, 0.1) is 24.7 Å². The van der Waals surface area contributed by atoms with Crippen molar-refractivity contribution in [3.8, 4) is 5.75 Å². The Bertz CT molecular complexity index is 831. The summed E-state index contributed by atoms with van der Waals surface area (Å²) in [5.74, 6) is 0.762. The molecular weight excluding hydrogens is 350 g/mol. The monoisotopic (exact) mass is 375 g/mol. The molecule has 2 unspecified atom stereocenters. The van der Waals surface area contributed by atoms with E-state index in [9.17, 15) is 8.42 Å². The summed E-state index contributed by atoms with van der Waals surface area (Å²) >= 11 is 0. The van der Waals surface area contributed by atoms with E-state index >= 15 is 0 Å². The zero-order valence-electron chi connectivity index (χ0n) is 15.4. The molecule has 0 N–H and O–H groups in total. The molecule has 0 saturated carbocycles. The molecule has 0 bridgehead atoms. The summed E-state index contributed by atoms with van der Waals surface area (Å²) in [6.45, 7) is 4.59. The third-order valence-corrected chi connectivity index (χ3v) is 6.80. The molecule has 1 saturated heterocycles. The third kappa shape index (κ3) is 3.77. The second kappa shape index (κ2) is 7.78. The zero-order valence-corrected chi connectivity index (χ0v) is 16.2. The van der Waals surface area contributed by atoms with Crippen molar-refractivity contribution in [1.82, 2.24) is 4.31 Å². The van der Waals surface area contributed by atoms with Crippen LogP contribution in [0.25, 0.3) is 0 Å². The normalized spacial score (nSPS) is 21.5. The van der Waals surface area contributed by atoms with Gasteiger partial charge in [0.15, 0.2) is 0 Å². The summed E-state index contributed by atoms with van der Waals surface area (Å²) in [6, 6.07) is 14.5. The fourth-order valence-electron chi connectivity index (χ4n) is 3.12. The van der Waals surface area contributed by atoms with Crippen molar-refractivity contribution in [1.29, 1.82) is 0 Å². The van der Waals surface area contributed by atoms with Crippen LogP contribution in [0.4, 0.5) is 0 Å². The van der Waals surface area contributed by atoms with Crippen LogP contribution in [-0.2, 0) is 21.2 Å². The Balaban J connectivity index is 1.84. The molecule has 0 aromatic heterocycles. The first-order chi connectivity index (χ1) is 12.5. The average molecular weight is 375 g/mol. The predicted molar refractivity (Wildman–Crippen MR) is 101 cm³/mol. The Kier molecular flexibility index (Phi) is 5.65. The topological polar surface area (TPSA) is 55.8 Å². The van der Waals surface area contributed by atoms with Crippen molar-refractivity contribution in [3.05, 3.63) is 59.7 Å². The molecule has 1 fully saturated rings. The van der Waals surface area contributed by atoms with E-state index in [0.29, 0.717) is 18.0 Å². The van der Waals surface area contributed by atoms with Gasteiger partial charge < -0.3 is 9.47 Å². The number of hydrogen-bond donors (Lipinski definition) is 0. The highest BCUT2D eigenvalue weighted by molar-refractivity contribution is 7.89. The van der Waals surface area contributed by atoms with E-state index in [-0.39, 0.29) is 12.1 Å². The Morgan fingerprint density at radius 3 is 2.35 bits per heavy atom. The number of nitrogens with zero attached hydrogens (tertiary/aromatic N) is 1. The van der Waals surface area contributed by atoms with Crippen LogP contribution in [0.1, 0.15) is 31.1 Å². The number of rotatable bonds is 5. The molecule has 6 heteroatoms. The van der Waals surface area contributed by atoms with Crippen LogP contribution in [0, 0.1) is 0 Å². The smallest absolute Gasteiger partial charge is 0.243 e. The third-order valence-electron chi connectivity index (χ3n) is 4.80. The van der Waals surface area contributed by atoms with Gasteiger partial charge in [-0.15, -0.1) is 0 Å². The van der Waals surface area contributed by atoms with Crippen LogP contribution in [-0.4, -0.2) is 39.0 Å². The molecule has 1 heterocycles. The van der Waals surface area contributed by atoms with E-state index in [1.807, 2.05) is 50.2 Å². The SMILES string of the molecule is CCc1ccc(S(=O)(=O)N2CC(c3ccc(OC)cc3)OCC2C)cc1. The molecule has 0 spiro atoms. The summed E-state index contributed by atoms with van der Waals surface area (Å²) in [5.41, 5.74) is 2.06. The highest BCUT2D eigenvalue weighted by atomic mass is 32.2. The fourth-order valence-corrected chi connectivity index (χ4v) is 4.74. The number of hydrogen-bond acceptors (Lipinski definition) is 4. The Labute approximate surface area is 155 Å². The molecule has 140 valence electrons. The van der Waals surface area contributed by atoms with Crippen LogP contribution in [0.5, 0.6) is 5.75 Å². The van der Waals surface area contributed by atoms with Gasteiger partial charge in [-0.05, 0) is 48.7 Å². The van der Waals surface area contributed by atoms with E-state index in [0.717, 1.165) is 23.3 Å². The molecule has 5 nitrogen and oxygen atoms in total. The summed E-state index contributed by atoms with van der Waals surface area (Å²) in [5, 5.41) is 0. The lowest BCUT2D eigenvalue weighted by atomic mass is 10.1. The largest absolute Gasteiger partial charge is 0.497 e. The fraction of sp³-hybridized carbons (Fsp3) is 0.400. The molecule has 0 amide bonds. The predicted octanol–water partition coefficient (Wildman–Crippen LogP) is 3.41. The molecule has 2 aromatic carbocycles. The minimum atomic E-state index is -3.56. The Morgan fingerprint density at radius 1 is 1.12 bits per heavy atom. The van der Waals surface area contributed by atoms with Crippen LogP contribution < -0.4 is 4.74 Å². The molecule has 2 atom stereocenters. The minimum Gasteiger partial charge on any atom is -0.497 e. The maximum absolute atomic E-state index is 13.1. The average Bonchev–Trinajstić information content (AvgIpc) is 2.68. The second-order valence-electron chi connectivity index (χ2n) is 6.52. The lowest BCUT2D eigenvalue weighted by Gasteiger charge is -2.37. The minimum absolute atomic E-state index is 0.208. The van der Waals surface area contributed by atoms with Gasteiger partial charge in [0.25, 0.3) is 0 Å². The lowest BCUT2D eigenvalue weighted by Crippen LogP contribution is -2.48. The first-order valence-corrected chi connectivity index (χ1v) is 10.3. The number of morpholine rings is 1. The quantitative estimate of drug-likeness (QED) is 0.804. The van der Waals surface area contributed by atoms with E-state index in [4.69, 9.17) is 9.47 Å². The summed E-state index contributed by atoms with van der Waals surface area (Å²) < 4.78 is 38.9. The second-order valence-corrected chi connectivity index (χ2v) is 8.41. The van der Waals surface area contributed by atoms with E-state index in [1.54, 1.807) is 23.5 Å². The molecule has 26 heavy (non-hydrogen) atoms. The number of aryl methyl sites for hydroxylation is 1. The van der Waals surface area contributed by atoms with Crippen LogP contribution >= 0.6 is 0 Å². The van der Waals surface area contributed by atoms with Crippen molar-refractivity contribution in [2.45, 2.75) is 37.3 Å². The lowest BCUT2D eigenvalue weighted by molar-refractivity contribution is -0.0288.